The van der Waals surface area contributed by atoms with Gasteiger partial charge in [-0.05, 0) is 43.9 Å². The molecule has 1 saturated heterocycles. The minimum absolute atomic E-state index is 0. The number of halogens is 2. The molecule has 1 amide bonds. The number of nitrogens with two attached hydrogens (primary N) is 1. The maximum Gasteiger partial charge on any atom is 0.251 e. The third-order valence-electron chi connectivity index (χ3n) is 5.10. The maximum atomic E-state index is 12.3. The number of nitrogen functional groups attached to an aromatic ring is 1. The molecule has 1 aromatic carbocycles. The lowest BCUT2D eigenvalue weighted by Crippen LogP contribution is -2.48. The number of piperidine rings is 1. The molecule has 0 unspecified atom stereocenters. The average Bonchev–Trinajstić information content (AvgIpc) is 2.56. The van der Waals surface area contributed by atoms with Crippen LogP contribution in [-0.4, -0.2) is 36.0 Å². The molecule has 1 saturated carbocycles. The molecule has 2 aliphatic rings. The highest BCUT2D eigenvalue weighted by Crippen LogP contribution is 2.25. The fourth-order valence-corrected chi connectivity index (χ4v) is 3.80. The van der Waals surface area contributed by atoms with Crippen molar-refractivity contribution >= 4 is 36.4 Å². The van der Waals surface area contributed by atoms with E-state index in [1.807, 2.05) is 12.1 Å². The number of amides is 1. The van der Waals surface area contributed by atoms with Gasteiger partial charge in [-0.1, -0.05) is 25.3 Å². The van der Waals surface area contributed by atoms with E-state index in [0.29, 0.717) is 17.3 Å². The number of anilines is 1. The Kier molecular flexibility index (Phi) is 8.88. The Morgan fingerprint density at radius 3 is 2.33 bits per heavy atom. The van der Waals surface area contributed by atoms with E-state index in [0.717, 1.165) is 32.0 Å². The fourth-order valence-electron chi connectivity index (χ4n) is 3.80. The highest BCUT2D eigenvalue weighted by molar-refractivity contribution is 5.95. The third-order valence-corrected chi connectivity index (χ3v) is 5.10. The van der Waals surface area contributed by atoms with Crippen LogP contribution < -0.4 is 11.1 Å². The minimum Gasteiger partial charge on any atom is -0.399 e. The largest absolute Gasteiger partial charge is 0.399 e. The van der Waals surface area contributed by atoms with Crippen LogP contribution in [0, 0.1) is 0 Å². The Labute approximate surface area is 157 Å². The average molecular weight is 374 g/mol. The lowest BCUT2D eigenvalue weighted by atomic mass is 9.92. The standard InChI is InChI=1S/C18H27N3O.2ClH/c19-15-6-4-5-14(13-15)18(22)20-16-9-11-21(12-10-16)17-7-2-1-3-8-17;;/h4-6,13,16-17H,1-3,7-12,19H2,(H,20,22);2*1H. The fraction of sp³-hybridized carbons (Fsp3) is 0.611. The molecule has 1 aliphatic carbocycles. The Bertz CT molecular complexity index is 513. The molecule has 6 heteroatoms. The minimum atomic E-state index is 0. The summed E-state index contributed by atoms with van der Waals surface area (Å²) in [6.45, 7) is 2.24. The second-order valence-electron chi connectivity index (χ2n) is 6.70. The van der Waals surface area contributed by atoms with Gasteiger partial charge in [0.1, 0.15) is 0 Å². The molecule has 1 aromatic rings. The predicted octanol–water partition coefficient (Wildman–Crippen LogP) is 3.64. The molecular weight excluding hydrogens is 345 g/mol. The number of hydrogen-bond acceptors (Lipinski definition) is 3. The molecule has 24 heavy (non-hydrogen) atoms. The third kappa shape index (κ3) is 5.54. The highest BCUT2D eigenvalue weighted by Gasteiger charge is 2.26. The topological polar surface area (TPSA) is 58.4 Å². The number of rotatable bonds is 3. The van der Waals surface area contributed by atoms with Crippen molar-refractivity contribution in [3.63, 3.8) is 0 Å². The van der Waals surface area contributed by atoms with E-state index in [9.17, 15) is 4.79 Å². The number of benzene rings is 1. The lowest BCUT2D eigenvalue weighted by Gasteiger charge is -2.39. The molecule has 2 fully saturated rings. The summed E-state index contributed by atoms with van der Waals surface area (Å²) in [7, 11) is 0. The van der Waals surface area contributed by atoms with Gasteiger partial charge in [0.15, 0.2) is 0 Å². The van der Waals surface area contributed by atoms with Crippen LogP contribution in [0.2, 0.25) is 0 Å². The zero-order valence-corrected chi connectivity index (χ0v) is 15.7. The van der Waals surface area contributed by atoms with Crippen LogP contribution in [0.3, 0.4) is 0 Å². The Morgan fingerprint density at radius 2 is 1.71 bits per heavy atom. The number of nitrogens with one attached hydrogen (secondary N) is 1. The molecule has 1 heterocycles. The van der Waals surface area contributed by atoms with E-state index in [4.69, 9.17) is 5.73 Å². The summed E-state index contributed by atoms with van der Waals surface area (Å²) in [6.07, 6.45) is 9.02. The van der Waals surface area contributed by atoms with Crippen molar-refractivity contribution in [2.24, 2.45) is 0 Å². The van der Waals surface area contributed by atoms with Gasteiger partial charge in [-0.3, -0.25) is 4.79 Å². The molecule has 3 N–H and O–H groups in total. The second kappa shape index (κ2) is 10.1. The predicted molar refractivity (Wildman–Crippen MR) is 104 cm³/mol. The van der Waals surface area contributed by atoms with Gasteiger partial charge in [-0.25, -0.2) is 0 Å². The van der Waals surface area contributed by atoms with Gasteiger partial charge in [0.05, 0.1) is 0 Å². The normalized spacial score (nSPS) is 19.8. The van der Waals surface area contributed by atoms with Crippen molar-refractivity contribution in [3.8, 4) is 0 Å². The molecule has 4 nitrogen and oxygen atoms in total. The second-order valence-corrected chi connectivity index (χ2v) is 6.70. The van der Waals surface area contributed by atoms with Crippen molar-refractivity contribution in [1.82, 2.24) is 10.2 Å². The van der Waals surface area contributed by atoms with E-state index in [2.05, 4.69) is 10.2 Å². The number of carbonyl (C=O) groups is 1. The van der Waals surface area contributed by atoms with Gasteiger partial charge in [-0.2, -0.15) is 0 Å². The van der Waals surface area contributed by atoms with E-state index >= 15 is 0 Å². The quantitative estimate of drug-likeness (QED) is 0.795. The summed E-state index contributed by atoms with van der Waals surface area (Å²) in [5.41, 5.74) is 7.04. The summed E-state index contributed by atoms with van der Waals surface area (Å²) < 4.78 is 0. The summed E-state index contributed by atoms with van der Waals surface area (Å²) in [5, 5.41) is 3.16. The highest BCUT2D eigenvalue weighted by atomic mass is 35.5. The number of likely N-dealkylation sites (tertiary alicyclic amines) is 1. The van der Waals surface area contributed by atoms with Crippen LogP contribution in [-0.2, 0) is 0 Å². The van der Waals surface area contributed by atoms with Gasteiger partial charge in [0, 0.05) is 36.4 Å². The van der Waals surface area contributed by atoms with Crippen molar-refractivity contribution in [3.05, 3.63) is 29.8 Å². The molecule has 0 radical (unpaired) electrons. The van der Waals surface area contributed by atoms with Gasteiger partial charge >= 0.3 is 0 Å². The first-order chi connectivity index (χ1) is 10.7. The lowest BCUT2D eigenvalue weighted by molar-refractivity contribution is 0.0865. The molecule has 0 spiro atoms. The van der Waals surface area contributed by atoms with E-state index in [1.165, 1.54) is 32.1 Å². The Morgan fingerprint density at radius 1 is 1.04 bits per heavy atom. The van der Waals surface area contributed by atoms with Crippen LogP contribution in [0.25, 0.3) is 0 Å². The van der Waals surface area contributed by atoms with Gasteiger partial charge in [0.25, 0.3) is 5.91 Å². The molecular formula is C18H29Cl2N3O. The van der Waals surface area contributed by atoms with E-state index in [-0.39, 0.29) is 30.7 Å². The van der Waals surface area contributed by atoms with Crippen LogP contribution in [0.1, 0.15) is 55.3 Å². The SMILES string of the molecule is Cl.Cl.Nc1cccc(C(=O)NC2CCN(C3CCCCC3)CC2)c1. The summed E-state index contributed by atoms with van der Waals surface area (Å²) in [6, 6.07) is 8.29. The van der Waals surface area contributed by atoms with Crippen molar-refractivity contribution < 1.29 is 4.79 Å². The molecule has 1 aliphatic heterocycles. The van der Waals surface area contributed by atoms with Crippen LogP contribution >= 0.6 is 24.8 Å². The monoisotopic (exact) mass is 373 g/mol. The van der Waals surface area contributed by atoms with E-state index < -0.39 is 0 Å². The summed E-state index contributed by atoms with van der Waals surface area (Å²) >= 11 is 0. The van der Waals surface area contributed by atoms with E-state index in [1.54, 1.807) is 12.1 Å². The smallest absolute Gasteiger partial charge is 0.251 e. The van der Waals surface area contributed by atoms with Crippen LogP contribution in [0.15, 0.2) is 24.3 Å². The van der Waals surface area contributed by atoms with Crippen molar-refractivity contribution in [2.75, 3.05) is 18.8 Å². The van der Waals surface area contributed by atoms with Gasteiger partial charge in [-0.15, -0.1) is 24.8 Å². The molecule has 0 atom stereocenters. The first kappa shape index (κ1) is 21.1. The van der Waals surface area contributed by atoms with Crippen LogP contribution in [0.5, 0.6) is 0 Å². The van der Waals surface area contributed by atoms with Gasteiger partial charge in [0.2, 0.25) is 0 Å². The zero-order valence-electron chi connectivity index (χ0n) is 14.1. The van der Waals surface area contributed by atoms with Crippen LogP contribution in [0.4, 0.5) is 5.69 Å². The summed E-state index contributed by atoms with van der Waals surface area (Å²) in [4.78, 5) is 14.9. The maximum absolute atomic E-state index is 12.3. The van der Waals surface area contributed by atoms with Gasteiger partial charge < -0.3 is 16.0 Å². The molecule has 0 aromatic heterocycles. The van der Waals surface area contributed by atoms with Crippen molar-refractivity contribution in [1.29, 1.82) is 0 Å². The Balaban J connectivity index is 0.00000144. The zero-order chi connectivity index (χ0) is 15.4. The molecule has 3 rings (SSSR count). The first-order valence-corrected chi connectivity index (χ1v) is 8.63. The number of carbonyl (C=O) groups excluding carboxylic acids is 1. The summed E-state index contributed by atoms with van der Waals surface area (Å²) in [5.74, 6) is 0.00316. The number of nitrogens with zero attached hydrogens (tertiary/aromatic N) is 1. The molecule has 0 bridgehead atoms. The number of hydrogen-bond donors (Lipinski definition) is 2. The first-order valence-electron chi connectivity index (χ1n) is 8.63. The molecule has 136 valence electrons. The van der Waals surface area contributed by atoms with Crippen molar-refractivity contribution in [2.45, 2.75) is 57.0 Å². The Hall–Kier alpha value is -0.970.